The van der Waals surface area contributed by atoms with E-state index in [2.05, 4.69) is 38.0 Å². The summed E-state index contributed by atoms with van der Waals surface area (Å²) < 4.78 is 15.2. The van der Waals surface area contributed by atoms with Crippen molar-refractivity contribution in [1.29, 1.82) is 0 Å². The highest BCUT2D eigenvalue weighted by molar-refractivity contribution is 7.17. The number of primary amides is 1. The van der Waals surface area contributed by atoms with Crippen LogP contribution in [0.1, 0.15) is 0 Å². The molecule has 5 nitrogen and oxygen atoms in total. The van der Waals surface area contributed by atoms with Gasteiger partial charge in [0.1, 0.15) is 13.2 Å². The fourth-order valence-corrected chi connectivity index (χ4v) is 0.508. The van der Waals surface area contributed by atoms with E-state index in [1.807, 2.05) is 0 Å². The Balaban J connectivity index is 0. The smallest absolute Gasteiger partial charge is 0.327 e. The molecule has 82 valence electrons. The molecule has 0 aromatic carbocycles. The zero-order valence-corrected chi connectivity index (χ0v) is 9.79. The number of carbonyl (C=O) groups is 1. The van der Waals surface area contributed by atoms with Crippen molar-refractivity contribution in [2.75, 3.05) is 34.3 Å². The summed E-state index contributed by atoms with van der Waals surface area (Å²) in [5.74, 6) is -0.481. The summed E-state index contributed by atoms with van der Waals surface area (Å²) in [4.78, 5) is 9.47. The summed E-state index contributed by atoms with van der Waals surface area (Å²) in [6.07, 6.45) is 1.06. The Hall–Kier alpha value is -0.770. The summed E-state index contributed by atoms with van der Waals surface area (Å²) in [5.41, 5.74) is 4.53. The largest absolute Gasteiger partial charge is 0.366 e. The number of quaternary nitrogens is 1. The van der Waals surface area contributed by atoms with Crippen molar-refractivity contribution in [2.45, 2.75) is 0 Å². The molecule has 14 heavy (non-hydrogen) atoms. The summed E-state index contributed by atoms with van der Waals surface area (Å²) >= 11 is 0. The van der Waals surface area contributed by atoms with E-state index in [-0.39, 0.29) is 8.69 Å². The van der Waals surface area contributed by atoms with Crippen molar-refractivity contribution in [1.82, 2.24) is 0 Å². The zero-order chi connectivity index (χ0) is 11.6. The lowest BCUT2D eigenvalue weighted by Gasteiger charge is -2.22. The van der Waals surface area contributed by atoms with E-state index < -0.39 is 5.91 Å². The van der Waals surface area contributed by atoms with Gasteiger partial charge in [-0.1, -0.05) is 6.58 Å². The number of nitrogens with two attached hydrogens (primary N) is 1. The van der Waals surface area contributed by atoms with Crippen molar-refractivity contribution in [3.8, 4) is 0 Å². The Labute approximate surface area is 86.4 Å². The highest BCUT2D eigenvalue weighted by Gasteiger charge is 2.04. The van der Waals surface area contributed by atoms with E-state index in [4.69, 9.17) is 0 Å². The molecule has 0 saturated heterocycles. The van der Waals surface area contributed by atoms with Crippen LogP contribution in [0.4, 0.5) is 0 Å². The maximum absolute atomic E-state index is 9.76. The van der Waals surface area contributed by atoms with Gasteiger partial charge in [-0.05, 0) is 6.08 Å². The predicted octanol–water partition coefficient (Wildman–Crippen LogP) is 0.574. The SMILES string of the molecule is C=CC(N)=O.C[N+](C)(C)CCOP=O. The molecule has 2 N–H and O–H groups in total. The van der Waals surface area contributed by atoms with Crippen molar-refractivity contribution in [2.24, 2.45) is 5.73 Å². The molecule has 0 unspecified atom stereocenters. The normalized spacial score (nSPS) is 10.2. The van der Waals surface area contributed by atoms with E-state index >= 15 is 0 Å². The molecule has 0 atom stereocenters. The average Bonchev–Trinajstić information content (AvgIpc) is 2.04. The summed E-state index contributed by atoms with van der Waals surface area (Å²) in [6, 6.07) is 0. The molecule has 0 aliphatic carbocycles. The van der Waals surface area contributed by atoms with E-state index in [0.717, 1.165) is 17.1 Å². The quantitative estimate of drug-likeness (QED) is 0.319. The number of nitrogens with zero attached hydrogens (tertiary/aromatic N) is 1. The molecular weight excluding hydrogens is 203 g/mol. The first-order chi connectivity index (χ1) is 6.33. The van der Waals surface area contributed by atoms with Gasteiger partial charge in [0, 0.05) is 0 Å². The van der Waals surface area contributed by atoms with Crippen LogP contribution in [-0.2, 0) is 13.9 Å². The lowest BCUT2D eigenvalue weighted by Crippen LogP contribution is -2.37. The number of hydrogen-bond donors (Lipinski definition) is 1. The standard InChI is InChI=1S/C5H13NO2P.C3H5NO/c1-6(2,3)4-5-8-9-7;1-2-3(4)5/h4-5H2,1-3H3;2H,1H2,(H2,4,5)/q+1;. The molecule has 0 fully saturated rings. The fraction of sp³-hybridized carbons (Fsp3) is 0.625. The minimum atomic E-state index is -0.481. The first kappa shape index (κ1) is 15.7. The van der Waals surface area contributed by atoms with Crippen molar-refractivity contribution < 1.29 is 18.4 Å². The minimum absolute atomic E-state index is 0.217. The predicted molar refractivity (Wildman–Crippen MR) is 55.8 cm³/mol. The van der Waals surface area contributed by atoms with Gasteiger partial charge >= 0.3 is 8.69 Å². The number of carbonyl (C=O) groups excluding carboxylic acids is 1. The summed E-state index contributed by atoms with van der Waals surface area (Å²) in [6.45, 7) is 4.52. The maximum Gasteiger partial charge on any atom is 0.327 e. The van der Waals surface area contributed by atoms with Crippen LogP contribution in [0.5, 0.6) is 0 Å². The van der Waals surface area contributed by atoms with Gasteiger partial charge in [0.25, 0.3) is 0 Å². The van der Waals surface area contributed by atoms with Gasteiger partial charge in [-0.3, -0.25) is 9.32 Å². The van der Waals surface area contributed by atoms with Crippen LogP contribution in [0.25, 0.3) is 0 Å². The van der Waals surface area contributed by atoms with Gasteiger partial charge in [0.05, 0.1) is 21.1 Å². The molecule has 0 spiro atoms. The van der Waals surface area contributed by atoms with E-state index in [0.29, 0.717) is 6.61 Å². The third-order valence-electron chi connectivity index (χ3n) is 1.11. The molecule has 0 aliphatic heterocycles. The van der Waals surface area contributed by atoms with Crippen molar-refractivity contribution >= 4 is 14.6 Å². The maximum atomic E-state index is 9.76. The van der Waals surface area contributed by atoms with Gasteiger partial charge in [-0.15, -0.1) is 0 Å². The van der Waals surface area contributed by atoms with Crippen LogP contribution in [-0.4, -0.2) is 44.7 Å². The molecule has 0 radical (unpaired) electrons. The first-order valence-corrected chi connectivity index (χ1v) is 4.73. The fourth-order valence-electron chi connectivity index (χ4n) is 0.352. The minimum Gasteiger partial charge on any atom is -0.366 e. The second-order valence-corrected chi connectivity index (χ2v) is 3.94. The Morgan fingerprint density at radius 1 is 1.57 bits per heavy atom. The van der Waals surface area contributed by atoms with Crippen LogP contribution in [0, 0.1) is 0 Å². The lowest BCUT2D eigenvalue weighted by atomic mass is 10.5. The molecule has 0 bridgehead atoms. The van der Waals surface area contributed by atoms with E-state index in [1.165, 1.54) is 0 Å². The molecule has 0 rings (SSSR count). The average molecular weight is 221 g/mol. The number of hydrogen-bond acceptors (Lipinski definition) is 3. The topological polar surface area (TPSA) is 69.4 Å². The van der Waals surface area contributed by atoms with Gasteiger partial charge < -0.3 is 10.2 Å². The highest BCUT2D eigenvalue weighted by atomic mass is 31.1. The molecule has 6 heteroatoms. The van der Waals surface area contributed by atoms with Crippen molar-refractivity contribution in [3.05, 3.63) is 12.7 Å². The molecule has 0 heterocycles. The van der Waals surface area contributed by atoms with Crippen LogP contribution < -0.4 is 5.73 Å². The Morgan fingerprint density at radius 2 is 2.00 bits per heavy atom. The molecule has 0 aromatic rings. The second-order valence-electron chi connectivity index (χ2n) is 3.53. The lowest BCUT2D eigenvalue weighted by molar-refractivity contribution is -0.870. The van der Waals surface area contributed by atoms with Gasteiger partial charge in [0.2, 0.25) is 5.91 Å². The Kier molecular flexibility index (Phi) is 9.88. The van der Waals surface area contributed by atoms with E-state index in [1.54, 1.807) is 0 Å². The Bertz CT molecular complexity index is 190. The van der Waals surface area contributed by atoms with Gasteiger partial charge in [-0.2, -0.15) is 0 Å². The third kappa shape index (κ3) is 22.5. The zero-order valence-electron chi connectivity index (χ0n) is 8.90. The monoisotopic (exact) mass is 221 g/mol. The molecule has 0 aliphatic rings. The number of rotatable bonds is 5. The molecular formula is C8H18N2O3P+. The van der Waals surface area contributed by atoms with Crippen molar-refractivity contribution in [3.63, 3.8) is 0 Å². The number of amides is 1. The van der Waals surface area contributed by atoms with Crippen LogP contribution >= 0.6 is 8.69 Å². The van der Waals surface area contributed by atoms with Gasteiger partial charge in [-0.25, -0.2) is 4.57 Å². The first-order valence-electron chi connectivity index (χ1n) is 4.00. The third-order valence-corrected chi connectivity index (χ3v) is 1.40. The van der Waals surface area contributed by atoms with Crippen LogP contribution in [0.15, 0.2) is 12.7 Å². The molecule has 0 aromatic heterocycles. The van der Waals surface area contributed by atoms with E-state index in [9.17, 15) is 9.36 Å². The molecule has 1 amide bonds. The summed E-state index contributed by atoms with van der Waals surface area (Å²) in [7, 11) is 5.96. The Morgan fingerprint density at radius 3 is 2.21 bits per heavy atom. The molecule has 0 saturated carbocycles. The second kappa shape index (κ2) is 8.81. The van der Waals surface area contributed by atoms with Crippen LogP contribution in [0.2, 0.25) is 0 Å². The van der Waals surface area contributed by atoms with Gasteiger partial charge in [0.15, 0.2) is 0 Å². The highest BCUT2D eigenvalue weighted by Crippen LogP contribution is 1.96. The number of likely N-dealkylation sites (N-methyl/N-ethyl adjacent to an activating group) is 1. The van der Waals surface area contributed by atoms with Crippen LogP contribution in [0.3, 0.4) is 0 Å². The summed E-state index contributed by atoms with van der Waals surface area (Å²) in [5, 5.41) is 0.